The molecule has 0 fully saturated rings. The van der Waals surface area contributed by atoms with E-state index < -0.39 is 0 Å². The molecule has 3 nitrogen and oxygen atoms in total. The zero-order valence-electron chi connectivity index (χ0n) is 10.9. The largest absolute Gasteiger partial charge is 0.391 e. The molecule has 0 saturated heterocycles. The summed E-state index contributed by atoms with van der Waals surface area (Å²) in [5.41, 5.74) is 2.17. The van der Waals surface area contributed by atoms with E-state index in [4.69, 9.17) is 4.52 Å². The van der Waals surface area contributed by atoms with Gasteiger partial charge in [-0.3, -0.25) is 0 Å². The van der Waals surface area contributed by atoms with Crippen molar-refractivity contribution in [1.82, 2.24) is 5.16 Å². The quantitative estimate of drug-likeness (QED) is 0.797. The molecule has 0 radical (unpaired) electrons. The maximum absolute atomic E-state index is 13.0. The second-order valence-corrected chi connectivity index (χ2v) is 4.51. The monoisotopic (exact) mass is 287 g/mol. The molecule has 0 atom stereocenters. The second-order valence-electron chi connectivity index (χ2n) is 4.51. The minimum atomic E-state index is -0.359. The number of rotatable bonds is 3. The fourth-order valence-corrected chi connectivity index (χ4v) is 2.12. The predicted octanol–water partition coefficient (Wildman–Crippen LogP) is 3.78. The minimum Gasteiger partial charge on any atom is -0.391 e. The normalized spacial score (nSPS) is 10.8. The van der Waals surface area contributed by atoms with Crippen LogP contribution in [-0.4, -0.2) is 10.3 Å². The van der Waals surface area contributed by atoms with Crippen LogP contribution in [0.25, 0.3) is 22.6 Å². The van der Waals surface area contributed by atoms with E-state index in [-0.39, 0.29) is 18.2 Å². The highest BCUT2D eigenvalue weighted by Crippen LogP contribution is 2.32. The molecule has 2 aromatic carbocycles. The third-order valence-electron chi connectivity index (χ3n) is 3.17. The third-order valence-corrected chi connectivity index (χ3v) is 3.17. The van der Waals surface area contributed by atoms with Crippen molar-refractivity contribution in [2.45, 2.75) is 6.61 Å². The molecule has 5 heteroatoms. The van der Waals surface area contributed by atoms with Crippen LogP contribution in [0, 0.1) is 11.6 Å². The maximum atomic E-state index is 13.0. The molecule has 0 aliphatic carbocycles. The lowest BCUT2D eigenvalue weighted by Gasteiger charge is -2.01. The Bertz CT molecular complexity index is 686. The van der Waals surface area contributed by atoms with Gasteiger partial charge in [-0.2, -0.15) is 0 Å². The Morgan fingerprint density at radius 3 is 1.90 bits per heavy atom. The Kier molecular flexibility index (Phi) is 3.50. The summed E-state index contributed by atoms with van der Waals surface area (Å²) in [6, 6.07) is 11.4. The van der Waals surface area contributed by atoms with Gasteiger partial charge in [0, 0.05) is 11.1 Å². The van der Waals surface area contributed by atoms with Crippen LogP contribution < -0.4 is 0 Å². The van der Waals surface area contributed by atoms with Gasteiger partial charge in [0.25, 0.3) is 0 Å². The van der Waals surface area contributed by atoms with E-state index in [1.54, 1.807) is 24.3 Å². The highest BCUT2D eigenvalue weighted by atomic mass is 19.1. The van der Waals surface area contributed by atoms with Crippen LogP contribution in [0.15, 0.2) is 53.1 Å². The Labute approximate surface area is 119 Å². The standard InChI is InChI=1S/C16H11F2NO2/c17-12-5-1-10(2-6-12)15-14(9-20)16(21-19-15)11-3-7-13(18)8-4-11/h1-8,20H,9H2. The summed E-state index contributed by atoms with van der Waals surface area (Å²) in [6.07, 6.45) is 0. The molecule has 0 aliphatic heterocycles. The second kappa shape index (κ2) is 5.46. The molecule has 1 aromatic heterocycles. The highest BCUT2D eigenvalue weighted by Gasteiger charge is 2.18. The first-order valence-corrected chi connectivity index (χ1v) is 6.30. The number of aliphatic hydroxyl groups excluding tert-OH is 1. The Hall–Kier alpha value is -2.53. The molecule has 3 rings (SSSR count). The average Bonchev–Trinajstić information content (AvgIpc) is 2.92. The van der Waals surface area contributed by atoms with Gasteiger partial charge >= 0.3 is 0 Å². The lowest BCUT2D eigenvalue weighted by atomic mass is 10.0. The molecule has 0 saturated carbocycles. The summed E-state index contributed by atoms with van der Waals surface area (Å²) in [4.78, 5) is 0. The molecular weight excluding hydrogens is 276 g/mol. The van der Waals surface area contributed by atoms with Crippen molar-refractivity contribution in [2.75, 3.05) is 0 Å². The van der Waals surface area contributed by atoms with Gasteiger partial charge in [0.15, 0.2) is 5.76 Å². The molecule has 1 heterocycles. The van der Waals surface area contributed by atoms with E-state index in [0.717, 1.165) is 0 Å². The number of nitrogens with zero attached hydrogens (tertiary/aromatic N) is 1. The number of aromatic nitrogens is 1. The van der Waals surface area contributed by atoms with Crippen LogP contribution in [0.4, 0.5) is 8.78 Å². The molecule has 106 valence electrons. The SMILES string of the molecule is OCc1c(-c2ccc(F)cc2)noc1-c1ccc(F)cc1. The molecule has 0 amide bonds. The van der Waals surface area contributed by atoms with Crippen molar-refractivity contribution in [3.8, 4) is 22.6 Å². The molecule has 0 unspecified atom stereocenters. The Balaban J connectivity index is 2.08. The zero-order chi connectivity index (χ0) is 14.8. The Morgan fingerprint density at radius 1 is 0.857 bits per heavy atom. The van der Waals surface area contributed by atoms with E-state index >= 15 is 0 Å². The summed E-state index contributed by atoms with van der Waals surface area (Å²) < 4.78 is 31.2. The summed E-state index contributed by atoms with van der Waals surface area (Å²) in [5.74, 6) is -0.342. The average molecular weight is 287 g/mol. The minimum absolute atomic E-state index is 0.289. The van der Waals surface area contributed by atoms with E-state index in [2.05, 4.69) is 5.16 Å². The van der Waals surface area contributed by atoms with E-state index in [1.165, 1.54) is 24.3 Å². The van der Waals surface area contributed by atoms with Gasteiger partial charge in [0.1, 0.15) is 17.3 Å². The fourth-order valence-electron chi connectivity index (χ4n) is 2.12. The highest BCUT2D eigenvalue weighted by molar-refractivity contribution is 5.72. The topological polar surface area (TPSA) is 46.3 Å². The first kappa shape index (κ1) is 13.5. The molecule has 0 aliphatic rings. The first-order chi connectivity index (χ1) is 10.2. The van der Waals surface area contributed by atoms with E-state index in [9.17, 15) is 13.9 Å². The molecular formula is C16H11F2NO2. The van der Waals surface area contributed by atoms with Crippen molar-refractivity contribution in [3.05, 3.63) is 65.7 Å². The predicted molar refractivity (Wildman–Crippen MR) is 73.2 cm³/mol. The fraction of sp³-hybridized carbons (Fsp3) is 0.0625. The lowest BCUT2D eigenvalue weighted by Crippen LogP contribution is -1.89. The van der Waals surface area contributed by atoms with Gasteiger partial charge in [-0.05, 0) is 48.5 Å². The van der Waals surface area contributed by atoms with Crippen molar-refractivity contribution in [3.63, 3.8) is 0 Å². The summed E-state index contributed by atoms with van der Waals surface area (Å²) >= 11 is 0. The number of hydrogen-bond donors (Lipinski definition) is 1. The van der Waals surface area contributed by atoms with Gasteiger partial charge in [0.2, 0.25) is 0 Å². The van der Waals surface area contributed by atoms with Crippen LogP contribution in [-0.2, 0) is 6.61 Å². The summed E-state index contributed by atoms with van der Waals surface area (Å²) in [7, 11) is 0. The Morgan fingerprint density at radius 2 is 1.38 bits per heavy atom. The van der Waals surface area contributed by atoms with Crippen molar-refractivity contribution in [1.29, 1.82) is 0 Å². The molecule has 0 spiro atoms. The van der Waals surface area contributed by atoms with Gasteiger partial charge in [-0.15, -0.1) is 0 Å². The molecule has 21 heavy (non-hydrogen) atoms. The number of halogens is 2. The molecule has 1 N–H and O–H groups in total. The van der Waals surface area contributed by atoms with E-state index in [0.29, 0.717) is 28.1 Å². The first-order valence-electron chi connectivity index (χ1n) is 6.30. The van der Waals surface area contributed by atoms with Gasteiger partial charge in [-0.1, -0.05) is 5.16 Å². The third kappa shape index (κ3) is 2.55. The summed E-state index contributed by atoms with van der Waals surface area (Å²) in [5, 5.41) is 13.5. The van der Waals surface area contributed by atoms with Crippen LogP contribution in [0.5, 0.6) is 0 Å². The number of hydrogen-bond acceptors (Lipinski definition) is 3. The van der Waals surface area contributed by atoms with Crippen molar-refractivity contribution >= 4 is 0 Å². The molecule has 3 aromatic rings. The zero-order valence-corrected chi connectivity index (χ0v) is 10.9. The maximum Gasteiger partial charge on any atom is 0.173 e. The van der Waals surface area contributed by atoms with Crippen LogP contribution in [0.3, 0.4) is 0 Å². The number of aliphatic hydroxyl groups is 1. The van der Waals surface area contributed by atoms with Crippen LogP contribution in [0.1, 0.15) is 5.56 Å². The van der Waals surface area contributed by atoms with Crippen molar-refractivity contribution in [2.24, 2.45) is 0 Å². The summed E-state index contributed by atoms with van der Waals surface area (Å²) in [6.45, 7) is -0.289. The van der Waals surface area contributed by atoms with Gasteiger partial charge in [-0.25, -0.2) is 8.78 Å². The van der Waals surface area contributed by atoms with Crippen molar-refractivity contribution < 1.29 is 18.4 Å². The van der Waals surface area contributed by atoms with Crippen LogP contribution in [0.2, 0.25) is 0 Å². The van der Waals surface area contributed by atoms with Gasteiger partial charge in [0.05, 0.1) is 12.2 Å². The van der Waals surface area contributed by atoms with E-state index in [1.807, 2.05) is 0 Å². The number of benzene rings is 2. The van der Waals surface area contributed by atoms with Gasteiger partial charge < -0.3 is 9.63 Å². The molecule has 0 bridgehead atoms. The van der Waals surface area contributed by atoms with Crippen LogP contribution >= 0.6 is 0 Å². The smallest absolute Gasteiger partial charge is 0.173 e. The lowest BCUT2D eigenvalue weighted by molar-refractivity contribution is 0.281.